The molecule has 1 fully saturated rings. The number of ether oxygens (including phenoxy) is 5. The summed E-state index contributed by atoms with van der Waals surface area (Å²) in [5.41, 5.74) is 2.61. The van der Waals surface area contributed by atoms with Crippen molar-refractivity contribution in [3.05, 3.63) is 139 Å². The summed E-state index contributed by atoms with van der Waals surface area (Å²) < 4.78 is 68.0. The maximum atomic E-state index is 13.7. The molecule has 12 nitrogen and oxygen atoms in total. The number of aliphatic hydroxyl groups excluding tert-OH is 1. The molecule has 0 spiro atoms. The number of hydrogen-bond acceptors (Lipinski definition) is 9. The molecule has 1 heterocycles. The molecular weight excluding hydrogens is 735 g/mol. The summed E-state index contributed by atoms with van der Waals surface area (Å²) in [6.07, 6.45) is -15.8. The summed E-state index contributed by atoms with van der Waals surface area (Å²) in [4.78, 5) is 40.6. The number of anilines is 3. The third-order valence-electron chi connectivity index (χ3n) is 8.69. The maximum Gasteiger partial charge on any atom is 0.416 e. The van der Waals surface area contributed by atoms with E-state index in [1.807, 2.05) is 60.7 Å². The Balaban J connectivity index is 1.29. The van der Waals surface area contributed by atoms with Gasteiger partial charge in [0.05, 0.1) is 23.5 Å². The summed E-state index contributed by atoms with van der Waals surface area (Å²) in [5, 5.41) is 18.0. The molecule has 0 aromatic heterocycles. The van der Waals surface area contributed by atoms with Crippen molar-refractivity contribution in [1.29, 1.82) is 0 Å². The monoisotopic (exact) mass is 771 g/mol. The molecule has 0 unspecified atom stereocenters. The molecule has 290 valence electrons. The number of carbonyl (C=O) groups is 3. The van der Waals surface area contributed by atoms with Crippen molar-refractivity contribution in [2.24, 2.45) is 0 Å². The van der Waals surface area contributed by atoms with Gasteiger partial charge in [0, 0.05) is 23.9 Å². The van der Waals surface area contributed by atoms with Crippen molar-refractivity contribution < 1.29 is 56.3 Å². The third-order valence-corrected chi connectivity index (χ3v) is 8.69. The first kappa shape index (κ1) is 39.3. The predicted octanol–water partition coefficient (Wildman–Crippen LogP) is 8.55. The van der Waals surface area contributed by atoms with E-state index in [2.05, 4.69) is 16.0 Å². The van der Waals surface area contributed by atoms with Crippen molar-refractivity contribution in [2.45, 2.75) is 36.9 Å². The smallest absolute Gasteiger partial charge is 0.416 e. The second-order valence-corrected chi connectivity index (χ2v) is 12.3. The van der Waals surface area contributed by atoms with Crippen LogP contribution in [0.4, 0.5) is 44.6 Å². The summed E-state index contributed by atoms with van der Waals surface area (Å²) in [6.45, 7) is -0.792. The minimum absolute atomic E-state index is 0.0629. The highest BCUT2D eigenvalue weighted by molar-refractivity contribution is 5.93. The molecule has 1 aliphatic heterocycles. The van der Waals surface area contributed by atoms with Gasteiger partial charge in [0.2, 0.25) is 0 Å². The number of benzene rings is 5. The second-order valence-electron chi connectivity index (χ2n) is 12.3. The minimum atomic E-state index is -4.61. The van der Waals surface area contributed by atoms with E-state index in [1.165, 1.54) is 7.11 Å². The number of halogens is 3. The van der Waals surface area contributed by atoms with Crippen LogP contribution >= 0.6 is 0 Å². The Labute approximate surface area is 319 Å². The molecule has 3 amide bonds. The molecule has 0 saturated carbocycles. The van der Waals surface area contributed by atoms with E-state index < -0.39 is 67.3 Å². The number of para-hydroxylation sites is 2. The Morgan fingerprint density at radius 2 is 1.05 bits per heavy atom. The molecule has 15 heteroatoms. The molecule has 5 aromatic rings. The van der Waals surface area contributed by atoms with Crippen molar-refractivity contribution in [1.82, 2.24) is 0 Å². The molecule has 0 radical (unpaired) electrons. The average molecular weight is 772 g/mol. The fraction of sp³-hybridized carbons (Fsp3) is 0.195. The van der Waals surface area contributed by atoms with Crippen molar-refractivity contribution in [2.75, 3.05) is 29.7 Å². The van der Waals surface area contributed by atoms with Crippen LogP contribution in [0.5, 0.6) is 0 Å². The Hall–Kier alpha value is -6.42. The van der Waals surface area contributed by atoms with Crippen molar-refractivity contribution in [3.63, 3.8) is 0 Å². The standard InChI is InChI=1S/C41H36F3N3O9/c1-52-37-36(56-40(51)47-32-19-11-9-17-30(32)26-14-6-3-7-15-26)35(55-39(50)46-31-18-10-8-16-29(31)25-12-4-2-5-13-25)34(33(24-48)53-37)54-38(49)45-28-22-20-27(21-23-28)41(42,43)44/h2-23,33-37,48H,24H2,1H3,(H,45,49)(H,46,50)(H,47,51)/t33-,34-,35+,36+,37+/m1/s1. The van der Waals surface area contributed by atoms with Crippen molar-refractivity contribution >= 4 is 35.3 Å². The zero-order chi connectivity index (χ0) is 39.7. The number of rotatable bonds is 10. The van der Waals surface area contributed by atoms with E-state index in [4.69, 9.17) is 23.7 Å². The molecule has 0 aliphatic carbocycles. The van der Waals surface area contributed by atoms with Crippen LogP contribution < -0.4 is 16.0 Å². The number of hydrogen-bond donors (Lipinski definition) is 4. The summed E-state index contributed by atoms with van der Waals surface area (Å²) in [5.74, 6) is 0. The number of alkyl halides is 3. The Bertz CT molecular complexity index is 2100. The quantitative estimate of drug-likeness (QED) is 0.102. The van der Waals surface area contributed by atoms with Gasteiger partial charge in [0.15, 0.2) is 24.6 Å². The zero-order valence-electron chi connectivity index (χ0n) is 29.6. The third kappa shape index (κ3) is 9.62. The molecule has 4 N–H and O–H groups in total. The zero-order valence-corrected chi connectivity index (χ0v) is 29.6. The molecule has 6 rings (SSSR count). The summed E-state index contributed by atoms with van der Waals surface area (Å²) in [6, 6.07) is 35.8. The number of methoxy groups -OCH3 is 1. The lowest BCUT2D eigenvalue weighted by molar-refractivity contribution is -0.290. The summed E-state index contributed by atoms with van der Waals surface area (Å²) >= 11 is 0. The molecule has 0 bridgehead atoms. The van der Waals surface area contributed by atoms with Crippen molar-refractivity contribution in [3.8, 4) is 22.3 Å². The minimum Gasteiger partial charge on any atom is -0.439 e. The van der Waals surface area contributed by atoms with E-state index in [-0.39, 0.29) is 5.69 Å². The first-order valence-corrected chi connectivity index (χ1v) is 17.2. The van der Waals surface area contributed by atoms with Gasteiger partial charge in [0.25, 0.3) is 0 Å². The Morgan fingerprint density at radius 1 is 0.607 bits per heavy atom. The van der Waals surface area contributed by atoms with E-state index in [9.17, 15) is 32.7 Å². The van der Waals surface area contributed by atoms with Gasteiger partial charge < -0.3 is 28.8 Å². The average Bonchev–Trinajstić information content (AvgIpc) is 3.20. The van der Waals surface area contributed by atoms with Crippen LogP contribution in [0.3, 0.4) is 0 Å². The number of aliphatic hydroxyl groups is 1. The van der Waals surface area contributed by atoms with Gasteiger partial charge in [-0.2, -0.15) is 13.2 Å². The molecule has 5 atom stereocenters. The topological polar surface area (TPSA) is 154 Å². The van der Waals surface area contributed by atoms with E-state index in [0.717, 1.165) is 35.4 Å². The van der Waals surface area contributed by atoms with Crippen LogP contribution in [0, 0.1) is 0 Å². The van der Waals surface area contributed by atoms with Gasteiger partial charge in [-0.3, -0.25) is 16.0 Å². The van der Waals surface area contributed by atoms with Gasteiger partial charge in [-0.1, -0.05) is 97.1 Å². The first-order valence-electron chi connectivity index (χ1n) is 17.2. The van der Waals surface area contributed by atoms with Gasteiger partial charge in [-0.05, 0) is 47.5 Å². The van der Waals surface area contributed by atoms with Crippen LogP contribution in [-0.4, -0.2) is 67.8 Å². The lowest BCUT2D eigenvalue weighted by Gasteiger charge is -2.43. The lowest BCUT2D eigenvalue weighted by Crippen LogP contribution is -2.63. The van der Waals surface area contributed by atoms with Crippen LogP contribution in [0.1, 0.15) is 5.56 Å². The van der Waals surface area contributed by atoms with E-state index in [1.54, 1.807) is 48.5 Å². The van der Waals surface area contributed by atoms with E-state index >= 15 is 0 Å². The molecule has 5 aromatic carbocycles. The van der Waals surface area contributed by atoms with Crippen LogP contribution in [0.15, 0.2) is 133 Å². The van der Waals surface area contributed by atoms with Crippen LogP contribution in [-0.2, 0) is 29.9 Å². The van der Waals surface area contributed by atoms with E-state index in [0.29, 0.717) is 22.5 Å². The Morgan fingerprint density at radius 3 is 1.54 bits per heavy atom. The first-order chi connectivity index (χ1) is 27.0. The molecular formula is C41H36F3N3O9. The van der Waals surface area contributed by atoms with Crippen LogP contribution in [0.25, 0.3) is 22.3 Å². The van der Waals surface area contributed by atoms with Gasteiger partial charge in [-0.25, -0.2) is 14.4 Å². The molecule has 1 aliphatic rings. The second kappa shape index (κ2) is 17.8. The fourth-order valence-electron chi connectivity index (χ4n) is 6.08. The number of nitrogens with one attached hydrogen (secondary N) is 3. The SMILES string of the molecule is CO[C@H]1O[C@H](CO)[C@@H](OC(=O)Nc2ccc(C(F)(F)F)cc2)[C@H](OC(=O)Nc2ccccc2-c2ccccc2)[C@@H]1OC(=O)Nc1ccccc1-c1ccccc1. The van der Waals surface area contributed by atoms with Gasteiger partial charge in [0.1, 0.15) is 6.10 Å². The Kier molecular flexibility index (Phi) is 12.5. The number of amides is 3. The summed E-state index contributed by atoms with van der Waals surface area (Å²) in [7, 11) is 1.23. The highest BCUT2D eigenvalue weighted by atomic mass is 19.4. The molecule has 1 saturated heterocycles. The largest absolute Gasteiger partial charge is 0.439 e. The van der Waals surface area contributed by atoms with Crippen LogP contribution in [0.2, 0.25) is 0 Å². The van der Waals surface area contributed by atoms with Gasteiger partial charge in [-0.15, -0.1) is 0 Å². The lowest BCUT2D eigenvalue weighted by atomic mass is 9.98. The van der Waals surface area contributed by atoms with Gasteiger partial charge >= 0.3 is 24.5 Å². The normalized spacial score (nSPS) is 19.3. The highest BCUT2D eigenvalue weighted by Gasteiger charge is 2.53. The predicted molar refractivity (Wildman–Crippen MR) is 200 cm³/mol. The number of carbonyl (C=O) groups excluding carboxylic acids is 3. The maximum absolute atomic E-state index is 13.7. The highest BCUT2D eigenvalue weighted by Crippen LogP contribution is 2.34. The fourth-order valence-corrected chi connectivity index (χ4v) is 6.08. The molecule has 56 heavy (non-hydrogen) atoms.